The highest BCUT2D eigenvalue weighted by atomic mass is 79.9. The molecule has 0 amide bonds. The average molecular weight is 532 g/mol. The van der Waals surface area contributed by atoms with E-state index in [-0.39, 0.29) is 10.6 Å². The smallest absolute Gasteiger partial charge is 0.280 e. The number of rotatable bonds is 1. The summed E-state index contributed by atoms with van der Waals surface area (Å²) in [5, 5.41) is 21.1. The highest BCUT2D eigenvalue weighted by Crippen LogP contribution is 2.49. The predicted octanol–water partition coefficient (Wildman–Crippen LogP) is 9.62. The molecule has 0 saturated heterocycles. The molecule has 0 N–H and O–H groups in total. The Morgan fingerprint density at radius 1 is 0.583 bits per heavy atom. The second-order valence-electron chi connectivity index (χ2n) is 9.01. The van der Waals surface area contributed by atoms with Gasteiger partial charge in [0.2, 0.25) is 0 Å². The van der Waals surface area contributed by atoms with E-state index in [0.29, 0.717) is 16.6 Å². The Balaban J connectivity index is 1.78. The largest absolute Gasteiger partial charge is 0.455 e. The highest BCUT2D eigenvalue weighted by Gasteiger charge is 2.26. The Morgan fingerprint density at radius 3 is 1.58 bits per heavy atom. The second-order valence-corrected chi connectivity index (χ2v) is 9.86. The molecule has 6 heteroatoms. The van der Waals surface area contributed by atoms with Crippen LogP contribution in [0.1, 0.15) is 0 Å². The molecule has 0 fully saturated rings. The number of fused-ring (bicyclic) bond motifs is 14. The van der Waals surface area contributed by atoms with Crippen LogP contribution in [-0.2, 0) is 0 Å². The van der Waals surface area contributed by atoms with Gasteiger partial charge in [-0.2, -0.15) is 0 Å². The number of benzene rings is 6. The summed E-state index contributed by atoms with van der Waals surface area (Å²) in [4.78, 5) is 11.6. The Kier molecular flexibility index (Phi) is 3.77. The van der Waals surface area contributed by atoms with Crippen LogP contribution in [0.5, 0.6) is 0 Å². The third-order valence-corrected chi connectivity index (χ3v) is 7.84. The van der Waals surface area contributed by atoms with Crippen LogP contribution >= 0.6 is 15.9 Å². The molecule has 0 atom stereocenters. The Morgan fingerprint density at radius 2 is 1.03 bits per heavy atom. The first-order chi connectivity index (χ1) is 17.6. The molecule has 36 heavy (non-hydrogen) atoms. The predicted molar refractivity (Wildman–Crippen MR) is 148 cm³/mol. The summed E-state index contributed by atoms with van der Waals surface area (Å²) in [7, 11) is 0. The fourth-order valence-corrected chi connectivity index (χ4v) is 6.30. The zero-order chi connectivity index (χ0) is 24.1. The maximum Gasteiger partial charge on any atom is 0.280 e. The minimum Gasteiger partial charge on any atom is -0.455 e. The molecule has 0 spiro atoms. The third-order valence-electron chi connectivity index (χ3n) is 7.19. The van der Waals surface area contributed by atoms with Crippen LogP contribution in [0, 0.1) is 10.1 Å². The van der Waals surface area contributed by atoms with Gasteiger partial charge in [0.05, 0.1) is 16.4 Å². The van der Waals surface area contributed by atoms with E-state index in [2.05, 4.69) is 28.1 Å². The van der Waals surface area contributed by atoms with Gasteiger partial charge in [-0.3, -0.25) is 10.1 Å². The van der Waals surface area contributed by atoms with Gasteiger partial charge in [-0.05, 0) is 22.9 Å². The lowest BCUT2D eigenvalue weighted by molar-refractivity contribution is -0.383. The van der Waals surface area contributed by atoms with Crippen molar-refractivity contribution in [1.82, 2.24) is 0 Å². The fourth-order valence-electron chi connectivity index (χ4n) is 5.75. The number of nitro groups is 1. The Bertz CT molecular complexity index is 2260. The molecule has 0 aliphatic heterocycles. The molecule has 5 nitrogen and oxygen atoms in total. The number of halogens is 1. The molecule has 0 saturated carbocycles. The van der Waals surface area contributed by atoms with Crippen LogP contribution in [0.25, 0.3) is 76.2 Å². The van der Waals surface area contributed by atoms with Gasteiger partial charge in [0.25, 0.3) is 5.69 Å². The van der Waals surface area contributed by atoms with Crippen LogP contribution < -0.4 is 0 Å². The lowest BCUT2D eigenvalue weighted by Crippen LogP contribution is -1.89. The molecule has 0 radical (unpaired) electrons. The molecule has 0 unspecified atom stereocenters. The topological polar surface area (TPSA) is 69.4 Å². The van der Waals surface area contributed by atoms with E-state index in [4.69, 9.17) is 8.83 Å². The highest BCUT2D eigenvalue weighted by molar-refractivity contribution is 9.10. The summed E-state index contributed by atoms with van der Waals surface area (Å²) in [5.41, 5.74) is 2.77. The van der Waals surface area contributed by atoms with Crippen LogP contribution in [0.4, 0.5) is 5.69 Å². The fraction of sp³-hybridized carbons (Fsp3) is 0. The van der Waals surface area contributed by atoms with E-state index in [1.165, 1.54) is 0 Å². The molecule has 2 heterocycles. The maximum absolute atomic E-state index is 12.0. The second kappa shape index (κ2) is 6.83. The quantitative estimate of drug-likeness (QED) is 0.156. The first-order valence-corrected chi connectivity index (χ1v) is 12.3. The van der Waals surface area contributed by atoms with Gasteiger partial charge < -0.3 is 8.83 Å². The van der Waals surface area contributed by atoms with Gasteiger partial charge in [-0.1, -0.05) is 82.7 Å². The van der Waals surface area contributed by atoms with Crippen LogP contribution in [0.3, 0.4) is 0 Å². The van der Waals surface area contributed by atoms with Crippen molar-refractivity contribution in [2.75, 3.05) is 0 Å². The van der Waals surface area contributed by atoms with Crippen molar-refractivity contribution < 1.29 is 13.8 Å². The van der Waals surface area contributed by atoms with Crippen LogP contribution in [-0.4, -0.2) is 4.92 Å². The van der Waals surface area contributed by atoms with Crippen LogP contribution in [0.2, 0.25) is 0 Å². The standard InChI is InChI=1S/C30H14BrNO4/c31-21-13-23-25(17-9-3-1-7-15(17)21)27-28-26-18-10-4-2-8-16(18)22(32(33)34)14-24(26)36-30(28)20-12-6-5-11-19(20)29(27)35-23/h1-14H. The first kappa shape index (κ1) is 19.8. The summed E-state index contributed by atoms with van der Waals surface area (Å²) in [6.45, 7) is 0. The van der Waals surface area contributed by atoms with E-state index < -0.39 is 0 Å². The summed E-state index contributed by atoms with van der Waals surface area (Å²) >= 11 is 3.72. The molecule has 6 aromatic carbocycles. The van der Waals surface area contributed by atoms with Gasteiger partial charge in [-0.25, -0.2) is 0 Å². The van der Waals surface area contributed by atoms with E-state index in [1.807, 2.05) is 60.7 Å². The van der Waals surface area contributed by atoms with Gasteiger partial charge in [-0.15, -0.1) is 0 Å². The summed E-state index contributed by atoms with van der Waals surface area (Å²) in [6, 6.07) is 27.3. The molecule has 2 aromatic heterocycles. The zero-order valence-electron chi connectivity index (χ0n) is 18.5. The summed E-state index contributed by atoms with van der Waals surface area (Å²) < 4.78 is 14.0. The molecular formula is C30H14BrNO4. The third kappa shape index (κ3) is 2.39. The molecular weight excluding hydrogens is 518 g/mol. The lowest BCUT2D eigenvalue weighted by Gasteiger charge is -2.05. The molecule has 0 aliphatic carbocycles. The maximum atomic E-state index is 12.0. The molecule has 0 aliphatic rings. The van der Waals surface area contributed by atoms with Gasteiger partial charge in [0.1, 0.15) is 22.3 Å². The van der Waals surface area contributed by atoms with Crippen molar-refractivity contribution in [3.63, 3.8) is 0 Å². The molecule has 170 valence electrons. The summed E-state index contributed by atoms with van der Waals surface area (Å²) in [5.74, 6) is 0. The summed E-state index contributed by atoms with van der Waals surface area (Å²) in [6.07, 6.45) is 0. The number of hydrogen-bond acceptors (Lipinski definition) is 4. The Labute approximate surface area is 210 Å². The van der Waals surface area contributed by atoms with Crippen molar-refractivity contribution in [2.45, 2.75) is 0 Å². The van der Waals surface area contributed by atoms with Gasteiger partial charge in [0, 0.05) is 42.2 Å². The van der Waals surface area contributed by atoms with Gasteiger partial charge in [0.15, 0.2) is 0 Å². The van der Waals surface area contributed by atoms with Crippen molar-refractivity contribution in [3.8, 4) is 0 Å². The molecule has 8 rings (SSSR count). The Hall–Kier alpha value is -4.42. The monoisotopic (exact) mass is 531 g/mol. The van der Waals surface area contributed by atoms with Crippen molar-refractivity contribution in [1.29, 1.82) is 0 Å². The SMILES string of the molecule is O=[N+]([O-])c1cc2oc3c4ccccc4c4oc5cc(Br)c6ccccc6c5c4c3c2c2ccccc12. The van der Waals surface area contributed by atoms with Crippen molar-refractivity contribution in [3.05, 3.63) is 99.5 Å². The zero-order valence-corrected chi connectivity index (χ0v) is 20.1. The number of non-ortho nitro benzene ring substituents is 1. The normalized spacial score (nSPS) is 12.2. The van der Waals surface area contributed by atoms with E-state index >= 15 is 0 Å². The number of nitrogens with zero attached hydrogens (tertiary/aromatic N) is 1. The number of nitro benzene ring substituents is 1. The molecule has 0 bridgehead atoms. The lowest BCUT2D eigenvalue weighted by atomic mass is 9.95. The number of hydrogen-bond donors (Lipinski definition) is 0. The van der Waals surface area contributed by atoms with Gasteiger partial charge >= 0.3 is 0 Å². The number of furan rings is 2. The van der Waals surface area contributed by atoms with E-state index in [1.54, 1.807) is 12.1 Å². The first-order valence-electron chi connectivity index (χ1n) is 11.5. The molecule has 8 aromatic rings. The van der Waals surface area contributed by atoms with E-state index in [9.17, 15) is 10.1 Å². The van der Waals surface area contributed by atoms with Crippen LogP contribution in [0.15, 0.2) is 98.2 Å². The van der Waals surface area contributed by atoms with Crippen molar-refractivity contribution in [2.24, 2.45) is 0 Å². The average Bonchev–Trinajstić information content (AvgIpc) is 3.47. The van der Waals surface area contributed by atoms with E-state index in [0.717, 1.165) is 64.1 Å². The minimum atomic E-state index is -0.346. The van der Waals surface area contributed by atoms with Crippen molar-refractivity contribution >= 4 is 97.8 Å². The minimum absolute atomic E-state index is 0.0316.